The predicted molar refractivity (Wildman–Crippen MR) is 64.6 cm³/mol. The quantitative estimate of drug-likeness (QED) is 0.730. The van der Waals surface area contributed by atoms with E-state index in [0.717, 1.165) is 17.5 Å². The summed E-state index contributed by atoms with van der Waals surface area (Å²) in [6, 6.07) is 0.539. The average molecular weight is 241 g/mol. The fraction of sp³-hybridized carbons (Fsp3) is 0.900. The summed E-state index contributed by atoms with van der Waals surface area (Å²) in [4.78, 5) is 2.18. The predicted octanol–water partition coefficient (Wildman–Crippen LogP) is 1.44. The smallest absolute Gasteiger partial charge is 0.209 e. The molecule has 16 heavy (non-hydrogen) atoms. The Hall–Kier alpha value is -0.620. The van der Waals surface area contributed by atoms with Crippen LogP contribution in [0.4, 0.5) is 0 Å². The molecule has 0 N–H and O–H groups in total. The molecule has 0 atom stereocenters. The van der Waals surface area contributed by atoms with Gasteiger partial charge in [0.05, 0.1) is 6.04 Å². The second-order valence-electron chi connectivity index (χ2n) is 4.50. The van der Waals surface area contributed by atoms with Crippen LogP contribution in [0, 0.1) is 0 Å². The van der Waals surface area contributed by atoms with E-state index in [4.69, 9.17) is 0 Å². The van der Waals surface area contributed by atoms with Crippen molar-refractivity contribution in [1.29, 1.82) is 0 Å². The number of aromatic nitrogens is 4. The molecule has 0 saturated heterocycles. The highest BCUT2D eigenvalue weighted by molar-refractivity contribution is 7.99. The van der Waals surface area contributed by atoms with Crippen molar-refractivity contribution in [2.24, 2.45) is 0 Å². The first-order valence-corrected chi connectivity index (χ1v) is 6.81. The highest BCUT2D eigenvalue weighted by Gasteiger charge is 2.21. The lowest BCUT2D eigenvalue weighted by molar-refractivity contribution is 0.421. The summed E-state index contributed by atoms with van der Waals surface area (Å²) in [5.41, 5.74) is 0. The zero-order valence-electron chi connectivity index (χ0n) is 9.96. The van der Waals surface area contributed by atoms with Crippen molar-refractivity contribution in [2.45, 2.75) is 36.9 Å². The zero-order valence-corrected chi connectivity index (χ0v) is 10.8. The SMILES string of the molecule is CN(C)CCSc1nnnn1C1CCCC1. The van der Waals surface area contributed by atoms with E-state index in [2.05, 4.69) is 34.5 Å². The highest BCUT2D eigenvalue weighted by atomic mass is 32.2. The Bertz CT molecular complexity index is 319. The Morgan fingerprint density at radius 1 is 1.38 bits per heavy atom. The Balaban J connectivity index is 1.91. The maximum Gasteiger partial charge on any atom is 0.209 e. The van der Waals surface area contributed by atoms with E-state index in [-0.39, 0.29) is 0 Å². The Morgan fingerprint density at radius 2 is 2.12 bits per heavy atom. The van der Waals surface area contributed by atoms with Gasteiger partial charge in [0.1, 0.15) is 0 Å². The van der Waals surface area contributed by atoms with E-state index < -0.39 is 0 Å². The van der Waals surface area contributed by atoms with Crippen molar-refractivity contribution in [2.75, 3.05) is 26.4 Å². The molecule has 0 spiro atoms. The summed E-state index contributed by atoms with van der Waals surface area (Å²) in [5, 5.41) is 13.0. The molecule has 1 aliphatic rings. The maximum absolute atomic E-state index is 4.12. The molecule has 2 rings (SSSR count). The van der Waals surface area contributed by atoms with Gasteiger partial charge in [-0.3, -0.25) is 0 Å². The molecule has 5 nitrogen and oxygen atoms in total. The fourth-order valence-electron chi connectivity index (χ4n) is 1.98. The average Bonchev–Trinajstić information content (AvgIpc) is 2.84. The molecule has 1 aromatic heterocycles. The van der Waals surface area contributed by atoms with Crippen LogP contribution in [0.25, 0.3) is 0 Å². The van der Waals surface area contributed by atoms with Crippen molar-refractivity contribution in [3.8, 4) is 0 Å². The van der Waals surface area contributed by atoms with Crippen LogP contribution in [0.15, 0.2) is 5.16 Å². The lowest BCUT2D eigenvalue weighted by Crippen LogP contribution is -2.15. The van der Waals surface area contributed by atoms with Crippen LogP contribution in [0.1, 0.15) is 31.7 Å². The van der Waals surface area contributed by atoms with Gasteiger partial charge >= 0.3 is 0 Å². The molecule has 1 aromatic rings. The van der Waals surface area contributed by atoms with Gasteiger partial charge < -0.3 is 4.90 Å². The zero-order chi connectivity index (χ0) is 11.4. The minimum Gasteiger partial charge on any atom is -0.309 e. The van der Waals surface area contributed by atoms with Crippen molar-refractivity contribution in [1.82, 2.24) is 25.1 Å². The van der Waals surface area contributed by atoms with Crippen LogP contribution < -0.4 is 0 Å². The second-order valence-corrected chi connectivity index (χ2v) is 5.56. The van der Waals surface area contributed by atoms with Crippen LogP contribution in [0.5, 0.6) is 0 Å². The first-order chi connectivity index (χ1) is 7.77. The molecule has 1 aliphatic carbocycles. The minimum atomic E-state index is 0.539. The summed E-state index contributed by atoms with van der Waals surface area (Å²) in [5.74, 6) is 1.04. The summed E-state index contributed by atoms with van der Waals surface area (Å²) >= 11 is 1.75. The largest absolute Gasteiger partial charge is 0.309 e. The molecule has 0 unspecified atom stereocenters. The lowest BCUT2D eigenvalue weighted by atomic mass is 10.3. The van der Waals surface area contributed by atoms with Crippen LogP contribution in [0.2, 0.25) is 0 Å². The van der Waals surface area contributed by atoms with Crippen LogP contribution in [-0.2, 0) is 0 Å². The van der Waals surface area contributed by atoms with Crippen LogP contribution in [0.3, 0.4) is 0 Å². The van der Waals surface area contributed by atoms with Gasteiger partial charge in [0.2, 0.25) is 5.16 Å². The minimum absolute atomic E-state index is 0.539. The normalized spacial score (nSPS) is 17.4. The number of tetrazole rings is 1. The van der Waals surface area contributed by atoms with Gasteiger partial charge in [0, 0.05) is 12.3 Å². The number of hydrogen-bond donors (Lipinski definition) is 0. The standard InChI is InChI=1S/C10H19N5S/c1-14(2)7-8-16-10-11-12-13-15(10)9-5-3-4-6-9/h9H,3-8H2,1-2H3. The molecule has 1 fully saturated rings. The first-order valence-electron chi connectivity index (χ1n) is 5.83. The van der Waals surface area contributed by atoms with Gasteiger partial charge in [0.25, 0.3) is 0 Å². The van der Waals surface area contributed by atoms with Gasteiger partial charge in [0.15, 0.2) is 0 Å². The maximum atomic E-state index is 4.12. The molecule has 0 aromatic carbocycles. The van der Waals surface area contributed by atoms with E-state index in [0.29, 0.717) is 6.04 Å². The van der Waals surface area contributed by atoms with Crippen molar-refractivity contribution in [3.63, 3.8) is 0 Å². The third kappa shape index (κ3) is 2.95. The van der Waals surface area contributed by atoms with Crippen LogP contribution >= 0.6 is 11.8 Å². The Kier molecular flexibility index (Phi) is 4.17. The monoisotopic (exact) mass is 241 g/mol. The van der Waals surface area contributed by atoms with E-state index >= 15 is 0 Å². The molecule has 1 heterocycles. The highest BCUT2D eigenvalue weighted by Crippen LogP contribution is 2.31. The Morgan fingerprint density at radius 3 is 2.81 bits per heavy atom. The van der Waals surface area contributed by atoms with Gasteiger partial charge in [-0.15, -0.1) is 5.10 Å². The fourth-order valence-corrected chi connectivity index (χ4v) is 3.03. The first kappa shape index (κ1) is 11.9. The second kappa shape index (κ2) is 5.63. The number of hydrogen-bond acceptors (Lipinski definition) is 5. The molecule has 0 bridgehead atoms. The van der Waals surface area contributed by atoms with Crippen molar-refractivity contribution >= 4 is 11.8 Å². The number of rotatable bonds is 5. The lowest BCUT2D eigenvalue weighted by Gasteiger charge is -2.12. The van der Waals surface area contributed by atoms with E-state index in [1.165, 1.54) is 25.7 Å². The van der Waals surface area contributed by atoms with E-state index in [9.17, 15) is 0 Å². The third-order valence-corrected chi connectivity index (χ3v) is 3.82. The van der Waals surface area contributed by atoms with Crippen molar-refractivity contribution in [3.05, 3.63) is 0 Å². The molecule has 0 aliphatic heterocycles. The summed E-state index contributed by atoms with van der Waals surface area (Å²) < 4.78 is 2.02. The topological polar surface area (TPSA) is 46.8 Å². The van der Waals surface area contributed by atoms with Gasteiger partial charge in [-0.2, -0.15) is 0 Å². The number of thioether (sulfide) groups is 1. The van der Waals surface area contributed by atoms with Gasteiger partial charge in [-0.05, 0) is 37.4 Å². The molecule has 1 saturated carbocycles. The summed E-state index contributed by atoms with van der Waals surface area (Å²) in [6.07, 6.45) is 5.08. The van der Waals surface area contributed by atoms with Gasteiger partial charge in [-0.1, -0.05) is 24.6 Å². The third-order valence-electron chi connectivity index (χ3n) is 2.90. The molecule has 0 amide bonds. The van der Waals surface area contributed by atoms with Gasteiger partial charge in [-0.25, -0.2) is 4.68 Å². The van der Waals surface area contributed by atoms with E-state index in [1.807, 2.05) is 4.68 Å². The summed E-state index contributed by atoms with van der Waals surface area (Å²) in [6.45, 7) is 1.06. The molecule has 6 heteroatoms. The summed E-state index contributed by atoms with van der Waals surface area (Å²) in [7, 11) is 4.17. The molecule has 90 valence electrons. The molecular weight excluding hydrogens is 222 g/mol. The Labute approximate surface area is 101 Å². The number of nitrogens with zero attached hydrogens (tertiary/aromatic N) is 5. The molecular formula is C10H19N5S. The van der Waals surface area contributed by atoms with Crippen molar-refractivity contribution < 1.29 is 0 Å². The van der Waals surface area contributed by atoms with Crippen LogP contribution in [-0.4, -0.2) is 51.5 Å². The van der Waals surface area contributed by atoms with E-state index in [1.54, 1.807) is 11.8 Å². The molecule has 0 radical (unpaired) electrons.